The number of methoxy groups -OCH3 is 2. The normalized spacial score (nSPS) is 14.4. The molecule has 0 aliphatic carbocycles. The van der Waals surface area contributed by atoms with Crippen LogP contribution in [0.5, 0.6) is 11.6 Å². The van der Waals surface area contributed by atoms with E-state index >= 15 is 0 Å². The van der Waals surface area contributed by atoms with E-state index < -0.39 is 10.0 Å². The molecule has 0 fully saturated rings. The van der Waals surface area contributed by atoms with Crippen LogP contribution in [0.2, 0.25) is 0 Å². The van der Waals surface area contributed by atoms with Gasteiger partial charge in [0, 0.05) is 17.5 Å². The molecule has 40 heavy (non-hydrogen) atoms. The number of benzene rings is 2. The minimum absolute atomic E-state index is 0.0259. The van der Waals surface area contributed by atoms with Crippen LogP contribution in [0.3, 0.4) is 0 Å². The molecular formula is C23H21ClCuN8O4S3. The number of halogens is 1. The number of amidine groups is 1. The number of ether oxygens (including phenoxy) is 2. The monoisotopic (exact) mass is 667 g/mol. The van der Waals surface area contributed by atoms with E-state index in [9.17, 15) is 8.42 Å². The van der Waals surface area contributed by atoms with Crippen LogP contribution >= 0.6 is 22.0 Å². The molecule has 1 aliphatic rings. The predicted octanol–water partition coefficient (Wildman–Crippen LogP) is 5.35. The molecule has 0 bridgehead atoms. The number of hydrogen-bond acceptors (Lipinski definition) is 12. The van der Waals surface area contributed by atoms with Gasteiger partial charge in [-0.1, -0.05) is 18.2 Å². The quantitative estimate of drug-likeness (QED) is 0.133. The summed E-state index contributed by atoms with van der Waals surface area (Å²) in [6, 6.07) is 15.1. The van der Waals surface area contributed by atoms with Crippen LogP contribution in [0.15, 0.2) is 90.4 Å². The van der Waals surface area contributed by atoms with Crippen molar-refractivity contribution in [3.63, 3.8) is 0 Å². The van der Waals surface area contributed by atoms with Gasteiger partial charge in [0.15, 0.2) is 11.7 Å². The Kier molecular flexibility index (Phi) is 11.2. The molecule has 1 aromatic heterocycles. The van der Waals surface area contributed by atoms with E-state index in [1.165, 1.54) is 43.5 Å². The first kappa shape index (κ1) is 31.3. The molecule has 1 aliphatic heterocycles. The molecule has 0 unspecified atom stereocenters. The molecule has 213 valence electrons. The first-order valence-corrected chi connectivity index (χ1v) is 14.9. The first-order valence-electron chi connectivity index (χ1n) is 10.9. The topological polar surface area (TPSA) is 155 Å². The Labute approximate surface area is 253 Å². The summed E-state index contributed by atoms with van der Waals surface area (Å²) in [5, 5.41) is 18.5. The van der Waals surface area contributed by atoms with Crippen LogP contribution < -0.4 is 19.2 Å². The van der Waals surface area contributed by atoms with Gasteiger partial charge in [0.05, 0.1) is 36.2 Å². The van der Waals surface area contributed by atoms with E-state index in [0.717, 1.165) is 24.0 Å². The fraction of sp³-hybridized carbons (Fsp3) is 0.130. The zero-order chi connectivity index (χ0) is 29.3. The van der Waals surface area contributed by atoms with Crippen LogP contribution in [0.25, 0.3) is 0 Å². The Hall–Kier alpha value is -3.27. The fourth-order valence-electron chi connectivity index (χ4n) is 3.32. The van der Waals surface area contributed by atoms with E-state index in [1.807, 2.05) is 30.3 Å². The van der Waals surface area contributed by atoms with Crippen molar-refractivity contribution in [2.75, 3.05) is 24.0 Å². The first-order chi connectivity index (χ1) is 19.2. The number of anilines is 2. The molecule has 2 heterocycles. The van der Waals surface area contributed by atoms with Gasteiger partial charge in [-0.15, -0.1) is 13.9 Å². The summed E-state index contributed by atoms with van der Waals surface area (Å²) in [5.41, 5.74) is 2.26. The number of hydrazone groups is 1. The van der Waals surface area contributed by atoms with Crippen molar-refractivity contribution in [2.24, 2.45) is 14.7 Å². The number of rotatable bonds is 9. The van der Waals surface area contributed by atoms with Gasteiger partial charge in [-0.25, -0.2) is 18.4 Å². The van der Waals surface area contributed by atoms with E-state index in [0.29, 0.717) is 21.2 Å². The summed E-state index contributed by atoms with van der Waals surface area (Å²) < 4.78 is 42.7. The van der Waals surface area contributed by atoms with Crippen molar-refractivity contribution in [3.05, 3.63) is 70.7 Å². The van der Waals surface area contributed by atoms with Crippen LogP contribution in [-0.2, 0) is 37.8 Å². The Morgan fingerprint density at radius 2 is 1.77 bits per heavy atom. The van der Waals surface area contributed by atoms with Gasteiger partial charge in [-0.3, -0.25) is 10.1 Å². The summed E-state index contributed by atoms with van der Waals surface area (Å²) in [4.78, 5) is 7.78. The third-order valence-corrected chi connectivity index (χ3v) is 7.41. The van der Waals surface area contributed by atoms with Crippen molar-refractivity contribution in [2.45, 2.75) is 11.8 Å². The van der Waals surface area contributed by atoms with Crippen molar-refractivity contribution >= 4 is 73.4 Å². The Morgan fingerprint density at radius 3 is 2.40 bits per heavy atom. The van der Waals surface area contributed by atoms with Gasteiger partial charge < -0.3 is 22.1 Å². The zero-order valence-electron chi connectivity index (χ0n) is 21.0. The summed E-state index contributed by atoms with van der Waals surface area (Å²) in [7, 11) is 2.94. The molecule has 0 radical (unpaired) electrons. The second-order valence-corrected chi connectivity index (χ2v) is 10.6. The number of nitrogens with one attached hydrogen (secondary N) is 2. The van der Waals surface area contributed by atoms with Gasteiger partial charge in [-0.05, 0) is 43.3 Å². The molecule has 4 rings (SSSR count). The average Bonchev–Trinajstić information content (AvgIpc) is 3.27. The molecule has 0 atom stereocenters. The molecular weight excluding hydrogens is 648 g/mol. The Morgan fingerprint density at radius 1 is 1.10 bits per heavy atom. The van der Waals surface area contributed by atoms with Crippen LogP contribution in [0.4, 0.5) is 17.2 Å². The van der Waals surface area contributed by atoms with Crippen LogP contribution in [0, 0.1) is 5.41 Å². The van der Waals surface area contributed by atoms with Gasteiger partial charge in [0.2, 0.25) is 5.75 Å². The standard InChI is InChI=1S/C23H22N8O4S3.ClH.Cu/c1-14-18(20(24)31(28-14)16-7-5-4-6-8-16)23(36)37-30-27-15-9-11-17(12-10-15)38(32,33)29-21-19(34-2)22(35-3)26-13-25-21;;/h4-13,24,36H,1-3H3,(H,25,26,29);1H;/q;;+2/p-2/b23-18-,24-20?,30-27?;;. The minimum atomic E-state index is -3.99. The SMILES string of the molecule is COc1ncnc(NS(=O)(=O)c2ccc(N=NS/C([S-])=C3\C(=N)N(c4ccccc4)N=C3C)cc2)c1OC.[Cl][Cu+]. The van der Waals surface area contributed by atoms with Crippen molar-refractivity contribution in [1.82, 2.24) is 9.97 Å². The van der Waals surface area contributed by atoms with E-state index in [1.54, 1.807) is 6.92 Å². The Bertz CT molecular complexity index is 1560. The molecule has 3 aromatic rings. The van der Waals surface area contributed by atoms with E-state index in [4.69, 9.17) is 27.5 Å². The van der Waals surface area contributed by atoms with Crippen LogP contribution in [-0.4, -0.2) is 44.2 Å². The summed E-state index contributed by atoms with van der Waals surface area (Å²) >= 11 is 10.0. The number of sulfonamides is 1. The zero-order valence-corrected chi connectivity index (χ0v) is 25.1. The summed E-state index contributed by atoms with van der Waals surface area (Å²) in [6.45, 7) is 1.77. The maximum absolute atomic E-state index is 12.8. The molecule has 0 spiro atoms. The maximum atomic E-state index is 12.8. The fourth-order valence-corrected chi connectivity index (χ4v) is 5.22. The second-order valence-electron chi connectivity index (χ2n) is 7.48. The van der Waals surface area contributed by atoms with Crippen molar-refractivity contribution in [3.8, 4) is 11.6 Å². The van der Waals surface area contributed by atoms with Gasteiger partial charge >= 0.3 is 25.2 Å². The average molecular weight is 669 g/mol. The third-order valence-electron chi connectivity index (χ3n) is 5.09. The van der Waals surface area contributed by atoms with Gasteiger partial charge in [-0.2, -0.15) is 10.1 Å². The summed E-state index contributed by atoms with van der Waals surface area (Å²) in [6.07, 6.45) is 1.16. The van der Waals surface area contributed by atoms with Crippen LogP contribution in [0.1, 0.15) is 6.92 Å². The number of aromatic nitrogens is 2. The molecule has 0 saturated carbocycles. The molecule has 0 saturated heterocycles. The molecule has 2 aromatic carbocycles. The van der Waals surface area contributed by atoms with Gasteiger partial charge in [0.1, 0.15) is 6.33 Å². The molecule has 0 amide bonds. The third kappa shape index (κ3) is 7.27. The Balaban J connectivity index is 0.00000216. The number of hydrogen-bond donors (Lipinski definition) is 2. The molecule has 2 N–H and O–H groups in total. The number of para-hydroxylation sites is 1. The predicted molar refractivity (Wildman–Crippen MR) is 154 cm³/mol. The number of nitrogens with zero attached hydrogens (tertiary/aromatic N) is 6. The van der Waals surface area contributed by atoms with Crippen molar-refractivity contribution < 1.29 is 33.0 Å². The summed E-state index contributed by atoms with van der Waals surface area (Å²) in [5.74, 6) is 0.234. The van der Waals surface area contributed by atoms with E-state index in [-0.39, 0.29) is 28.2 Å². The molecule has 12 nitrogen and oxygen atoms in total. The molecule has 17 heteroatoms. The van der Waals surface area contributed by atoms with Crippen molar-refractivity contribution in [1.29, 1.82) is 5.41 Å². The second kappa shape index (κ2) is 14.4. The van der Waals surface area contributed by atoms with E-state index in [2.05, 4.69) is 54.6 Å². The van der Waals surface area contributed by atoms with Gasteiger partial charge in [0.25, 0.3) is 15.9 Å².